The number of rotatable bonds is 4. The minimum absolute atomic E-state index is 0.183. The van der Waals surface area contributed by atoms with E-state index in [1.165, 1.54) is 18.4 Å². The van der Waals surface area contributed by atoms with E-state index in [0.717, 1.165) is 12.1 Å². The SMILES string of the molecule is O=C(COc1ccc(C(F)(F)F)cc1)N1CCN(C(=O)c2ccco2)CC1. The molecule has 0 saturated carbocycles. The van der Waals surface area contributed by atoms with Crippen LogP contribution in [-0.2, 0) is 11.0 Å². The summed E-state index contributed by atoms with van der Waals surface area (Å²) >= 11 is 0. The van der Waals surface area contributed by atoms with Gasteiger partial charge in [-0.3, -0.25) is 9.59 Å². The van der Waals surface area contributed by atoms with Gasteiger partial charge in [0.1, 0.15) is 5.75 Å². The summed E-state index contributed by atoms with van der Waals surface area (Å²) in [7, 11) is 0. The molecule has 0 unspecified atom stereocenters. The molecule has 6 nitrogen and oxygen atoms in total. The van der Waals surface area contributed by atoms with Gasteiger partial charge in [0.15, 0.2) is 12.4 Å². The lowest BCUT2D eigenvalue weighted by molar-refractivity contribution is -0.138. The van der Waals surface area contributed by atoms with Crippen LogP contribution in [-0.4, -0.2) is 54.4 Å². The zero-order chi connectivity index (χ0) is 19.4. The lowest BCUT2D eigenvalue weighted by atomic mass is 10.2. The van der Waals surface area contributed by atoms with Crippen LogP contribution >= 0.6 is 0 Å². The number of ether oxygens (including phenoxy) is 1. The summed E-state index contributed by atoms with van der Waals surface area (Å²) in [6, 6.07) is 7.37. The predicted molar refractivity (Wildman–Crippen MR) is 88.1 cm³/mol. The summed E-state index contributed by atoms with van der Waals surface area (Å²) in [5.41, 5.74) is -0.779. The molecule has 0 atom stereocenters. The number of halogens is 3. The molecule has 1 aromatic carbocycles. The van der Waals surface area contributed by atoms with Crippen LogP contribution in [0.5, 0.6) is 5.75 Å². The van der Waals surface area contributed by atoms with Crippen molar-refractivity contribution in [3.8, 4) is 5.75 Å². The van der Waals surface area contributed by atoms with Crippen molar-refractivity contribution in [2.45, 2.75) is 6.18 Å². The Bertz CT molecular complexity index is 780. The van der Waals surface area contributed by atoms with Gasteiger partial charge in [-0.25, -0.2) is 0 Å². The molecule has 2 aromatic rings. The van der Waals surface area contributed by atoms with Crippen molar-refractivity contribution in [2.75, 3.05) is 32.8 Å². The van der Waals surface area contributed by atoms with Crippen molar-refractivity contribution in [2.24, 2.45) is 0 Å². The molecule has 1 aliphatic rings. The van der Waals surface area contributed by atoms with E-state index in [9.17, 15) is 22.8 Å². The van der Waals surface area contributed by atoms with Crippen LogP contribution in [0.2, 0.25) is 0 Å². The van der Waals surface area contributed by atoms with Gasteiger partial charge in [-0.05, 0) is 36.4 Å². The van der Waals surface area contributed by atoms with Crippen molar-refractivity contribution >= 4 is 11.8 Å². The highest BCUT2D eigenvalue weighted by Gasteiger charge is 2.30. The number of hydrogen-bond acceptors (Lipinski definition) is 4. The van der Waals surface area contributed by atoms with Gasteiger partial charge in [0.05, 0.1) is 11.8 Å². The molecule has 2 amide bonds. The third kappa shape index (κ3) is 4.60. The molecule has 1 aromatic heterocycles. The van der Waals surface area contributed by atoms with E-state index in [4.69, 9.17) is 9.15 Å². The van der Waals surface area contributed by atoms with Gasteiger partial charge in [0, 0.05) is 26.2 Å². The average Bonchev–Trinajstić information content (AvgIpc) is 3.20. The quantitative estimate of drug-likeness (QED) is 0.816. The minimum Gasteiger partial charge on any atom is -0.484 e. The second-order valence-electron chi connectivity index (χ2n) is 5.96. The fraction of sp³-hybridized carbons (Fsp3) is 0.333. The van der Waals surface area contributed by atoms with E-state index < -0.39 is 11.7 Å². The number of hydrogen-bond donors (Lipinski definition) is 0. The first-order valence-electron chi connectivity index (χ1n) is 8.25. The van der Waals surface area contributed by atoms with Gasteiger partial charge in [0.25, 0.3) is 11.8 Å². The molecular formula is C18H17F3N2O4. The van der Waals surface area contributed by atoms with Crippen LogP contribution < -0.4 is 4.74 Å². The first kappa shape index (κ1) is 18.8. The van der Waals surface area contributed by atoms with Gasteiger partial charge < -0.3 is 19.0 Å². The van der Waals surface area contributed by atoms with Gasteiger partial charge in [-0.15, -0.1) is 0 Å². The molecule has 1 fully saturated rings. The van der Waals surface area contributed by atoms with Crippen molar-refractivity contribution < 1.29 is 31.9 Å². The number of carbonyl (C=O) groups excluding carboxylic acids is 2. The molecule has 9 heteroatoms. The van der Waals surface area contributed by atoms with Crippen LogP contribution in [0.3, 0.4) is 0 Å². The highest BCUT2D eigenvalue weighted by atomic mass is 19.4. The maximum absolute atomic E-state index is 12.5. The molecule has 1 saturated heterocycles. The Kier molecular flexibility index (Phi) is 5.38. The number of furan rings is 1. The van der Waals surface area contributed by atoms with Crippen molar-refractivity contribution in [3.63, 3.8) is 0 Å². The normalized spacial score (nSPS) is 14.9. The molecule has 0 bridgehead atoms. The van der Waals surface area contributed by atoms with Crippen molar-refractivity contribution in [1.82, 2.24) is 9.80 Å². The molecule has 144 valence electrons. The van der Waals surface area contributed by atoms with E-state index in [0.29, 0.717) is 26.2 Å². The number of piperazine rings is 1. The summed E-state index contributed by atoms with van der Waals surface area (Å²) in [5.74, 6) is -0.0866. The van der Waals surface area contributed by atoms with Crippen molar-refractivity contribution in [3.05, 3.63) is 54.0 Å². The molecule has 1 aliphatic heterocycles. The fourth-order valence-electron chi connectivity index (χ4n) is 2.69. The first-order valence-corrected chi connectivity index (χ1v) is 8.25. The molecule has 2 heterocycles. The highest BCUT2D eigenvalue weighted by Crippen LogP contribution is 2.30. The highest BCUT2D eigenvalue weighted by molar-refractivity contribution is 5.91. The monoisotopic (exact) mass is 382 g/mol. The second-order valence-corrected chi connectivity index (χ2v) is 5.96. The zero-order valence-corrected chi connectivity index (χ0v) is 14.2. The summed E-state index contributed by atoms with van der Waals surface area (Å²) in [6.07, 6.45) is -2.99. The Morgan fingerprint density at radius 2 is 1.63 bits per heavy atom. The van der Waals surface area contributed by atoms with Gasteiger partial charge in [0.2, 0.25) is 0 Å². The minimum atomic E-state index is -4.42. The Morgan fingerprint density at radius 3 is 2.19 bits per heavy atom. The van der Waals surface area contributed by atoms with E-state index in [2.05, 4.69) is 0 Å². The van der Waals surface area contributed by atoms with Gasteiger partial charge in [-0.1, -0.05) is 0 Å². The lowest BCUT2D eigenvalue weighted by Gasteiger charge is -2.34. The third-order valence-corrected chi connectivity index (χ3v) is 4.20. The standard InChI is InChI=1S/C18H17F3N2O4/c19-18(20,21)13-3-5-14(6-4-13)27-12-16(24)22-7-9-23(10-8-22)17(25)15-2-1-11-26-15/h1-6,11H,7-10,12H2. The maximum Gasteiger partial charge on any atom is 0.416 e. The fourth-order valence-corrected chi connectivity index (χ4v) is 2.69. The number of carbonyl (C=O) groups is 2. The van der Waals surface area contributed by atoms with Crippen molar-refractivity contribution in [1.29, 1.82) is 0 Å². The van der Waals surface area contributed by atoms with E-state index in [1.54, 1.807) is 21.9 Å². The van der Waals surface area contributed by atoms with Gasteiger partial charge >= 0.3 is 6.18 Å². The molecule has 0 aliphatic carbocycles. The third-order valence-electron chi connectivity index (χ3n) is 4.20. The smallest absolute Gasteiger partial charge is 0.416 e. The lowest BCUT2D eigenvalue weighted by Crippen LogP contribution is -2.51. The summed E-state index contributed by atoms with van der Waals surface area (Å²) in [5, 5.41) is 0. The number of nitrogens with zero attached hydrogens (tertiary/aromatic N) is 2. The first-order chi connectivity index (χ1) is 12.8. The largest absolute Gasteiger partial charge is 0.484 e. The Morgan fingerprint density at radius 1 is 1.00 bits per heavy atom. The van der Waals surface area contributed by atoms with Gasteiger partial charge in [-0.2, -0.15) is 13.2 Å². The molecule has 27 heavy (non-hydrogen) atoms. The second kappa shape index (κ2) is 7.73. The topological polar surface area (TPSA) is 63.0 Å². The maximum atomic E-state index is 12.5. The van der Waals surface area contributed by atoms with Crippen LogP contribution in [0.4, 0.5) is 13.2 Å². The van der Waals surface area contributed by atoms with E-state index in [-0.39, 0.29) is 29.9 Å². The molecule has 0 spiro atoms. The van der Waals surface area contributed by atoms with E-state index >= 15 is 0 Å². The molecule has 0 radical (unpaired) electrons. The molecule has 3 rings (SSSR count). The van der Waals surface area contributed by atoms with Crippen LogP contribution in [0.15, 0.2) is 47.1 Å². The molecule has 0 N–H and O–H groups in total. The summed E-state index contributed by atoms with van der Waals surface area (Å²) < 4.78 is 47.9. The molecular weight excluding hydrogens is 365 g/mol. The number of benzene rings is 1. The number of alkyl halides is 3. The Labute approximate surface area is 153 Å². The Balaban J connectivity index is 1.46. The average molecular weight is 382 g/mol. The van der Waals surface area contributed by atoms with E-state index in [1.807, 2.05) is 0 Å². The summed E-state index contributed by atoms with van der Waals surface area (Å²) in [6.45, 7) is 1.15. The zero-order valence-electron chi connectivity index (χ0n) is 14.2. The predicted octanol–water partition coefficient (Wildman–Crippen LogP) is 2.66. The van der Waals surface area contributed by atoms with Crippen LogP contribution in [0.25, 0.3) is 0 Å². The summed E-state index contributed by atoms with van der Waals surface area (Å²) in [4.78, 5) is 27.5. The Hall–Kier alpha value is -2.97. The van der Waals surface area contributed by atoms with Crippen LogP contribution in [0.1, 0.15) is 16.1 Å². The number of amides is 2. The van der Waals surface area contributed by atoms with Crippen LogP contribution in [0, 0.1) is 0 Å².